The van der Waals surface area contributed by atoms with Crippen molar-refractivity contribution in [2.75, 3.05) is 13.7 Å². The summed E-state index contributed by atoms with van der Waals surface area (Å²) in [6.45, 7) is 0.595. The first kappa shape index (κ1) is 27.3. The van der Waals surface area contributed by atoms with E-state index in [-0.39, 0.29) is 0 Å². The highest BCUT2D eigenvalue weighted by molar-refractivity contribution is 7.98. The Kier molecular flexibility index (Phi) is 11.9. The molecule has 6 heteroatoms. The Hall–Kier alpha value is -3.25. The van der Waals surface area contributed by atoms with Gasteiger partial charge >= 0.3 is 5.97 Å². The molecule has 1 aromatic heterocycles. The third kappa shape index (κ3) is 10.2. The van der Waals surface area contributed by atoms with Crippen molar-refractivity contribution < 1.29 is 19.4 Å². The van der Waals surface area contributed by atoms with Crippen LogP contribution in [0.4, 0.5) is 0 Å². The Labute approximate surface area is 218 Å². The van der Waals surface area contributed by atoms with Gasteiger partial charge in [0.25, 0.3) is 0 Å². The standard InChI is InChI=1S/C30H35NO4S/c1-34-26-16-14-24(15-17-26)11-7-4-2-3-5-10-22-35-28-19-20-29(31-27(28)18-21-30(32)33)36-23-25-12-8-6-9-13-25/h6,8-9,12-21H,2-5,7,10-11,22-23H2,1H3,(H,32,33). The molecule has 2 aromatic carbocycles. The summed E-state index contributed by atoms with van der Waals surface area (Å²) in [5, 5.41) is 9.88. The fraction of sp³-hybridized carbons (Fsp3) is 0.333. The molecule has 0 saturated heterocycles. The fourth-order valence-corrected chi connectivity index (χ4v) is 4.59. The van der Waals surface area contributed by atoms with Gasteiger partial charge in [0.15, 0.2) is 0 Å². The van der Waals surface area contributed by atoms with Crippen LogP contribution >= 0.6 is 11.8 Å². The highest BCUT2D eigenvalue weighted by Crippen LogP contribution is 2.26. The Bertz CT molecular complexity index is 1080. The molecule has 5 nitrogen and oxygen atoms in total. The third-order valence-corrected chi connectivity index (χ3v) is 6.75. The average Bonchev–Trinajstić information content (AvgIpc) is 2.91. The summed E-state index contributed by atoms with van der Waals surface area (Å²) in [5.74, 6) is 1.32. The van der Waals surface area contributed by atoms with E-state index in [0.717, 1.165) is 41.9 Å². The van der Waals surface area contributed by atoms with Crippen molar-refractivity contribution in [3.05, 3.63) is 89.6 Å². The molecule has 1 heterocycles. The van der Waals surface area contributed by atoms with Crippen LogP contribution in [0.25, 0.3) is 6.08 Å². The van der Waals surface area contributed by atoms with E-state index in [1.807, 2.05) is 42.5 Å². The number of hydrogen-bond donors (Lipinski definition) is 1. The minimum atomic E-state index is -1.00. The largest absolute Gasteiger partial charge is 0.497 e. The number of rotatable bonds is 16. The number of aliphatic carboxylic acids is 1. The first-order valence-electron chi connectivity index (χ1n) is 12.5. The van der Waals surface area contributed by atoms with Crippen LogP contribution in [0.2, 0.25) is 0 Å². The molecule has 0 amide bonds. The van der Waals surface area contributed by atoms with Gasteiger partial charge in [0.2, 0.25) is 0 Å². The number of nitrogens with zero attached hydrogens (tertiary/aromatic N) is 1. The van der Waals surface area contributed by atoms with E-state index in [0.29, 0.717) is 18.1 Å². The van der Waals surface area contributed by atoms with Crippen molar-refractivity contribution in [2.24, 2.45) is 0 Å². The number of carbonyl (C=O) groups is 1. The van der Waals surface area contributed by atoms with Gasteiger partial charge in [-0.25, -0.2) is 9.78 Å². The number of carboxylic acid groups (broad SMARTS) is 1. The second kappa shape index (κ2) is 15.7. The summed E-state index contributed by atoms with van der Waals surface area (Å²) in [5.41, 5.74) is 3.12. The number of carboxylic acids is 1. The highest BCUT2D eigenvalue weighted by Gasteiger charge is 2.07. The number of benzene rings is 2. The maximum atomic E-state index is 11.0. The van der Waals surface area contributed by atoms with Crippen molar-refractivity contribution in [2.45, 2.75) is 55.7 Å². The predicted octanol–water partition coefficient (Wildman–Crippen LogP) is 7.44. The number of hydrogen-bond acceptors (Lipinski definition) is 5. The summed E-state index contributed by atoms with van der Waals surface area (Å²) in [4.78, 5) is 15.7. The van der Waals surface area contributed by atoms with Gasteiger partial charge in [0.1, 0.15) is 17.2 Å². The molecule has 0 spiro atoms. The summed E-state index contributed by atoms with van der Waals surface area (Å²) < 4.78 is 11.2. The second-order valence-corrected chi connectivity index (χ2v) is 9.54. The summed E-state index contributed by atoms with van der Waals surface area (Å²) in [6, 6.07) is 22.3. The summed E-state index contributed by atoms with van der Waals surface area (Å²) >= 11 is 1.62. The summed E-state index contributed by atoms with van der Waals surface area (Å²) in [7, 11) is 1.69. The van der Waals surface area contributed by atoms with Gasteiger partial charge < -0.3 is 14.6 Å². The molecule has 0 unspecified atom stereocenters. The van der Waals surface area contributed by atoms with Crippen LogP contribution in [0.5, 0.6) is 11.5 Å². The number of unbranched alkanes of at least 4 members (excludes halogenated alkanes) is 5. The van der Waals surface area contributed by atoms with Crippen LogP contribution in [0.3, 0.4) is 0 Å². The minimum Gasteiger partial charge on any atom is -0.497 e. The molecule has 0 aliphatic carbocycles. The van der Waals surface area contributed by atoms with Gasteiger partial charge in [-0.3, -0.25) is 0 Å². The van der Waals surface area contributed by atoms with E-state index in [9.17, 15) is 4.79 Å². The molecule has 0 radical (unpaired) electrons. The van der Waals surface area contributed by atoms with Crippen LogP contribution in [-0.4, -0.2) is 29.8 Å². The first-order chi connectivity index (χ1) is 17.6. The van der Waals surface area contributed by atoms with Crippen LogP contribution in [0, 0.1) is 0 Å². The average molecular weight is 506 g/mol. The Morgan fingerprint density at radius 1 is 0.889 bits per heavy atom. The number of pyridine rings is 1. The van der Waals surface area contributed by atoms with Crippen LogP contribution < -0.4 is 9.47 Å². The molecule has 36 heavy (non-hydrogen) atoms. The lowest BCUT2D eigenvalue weighted by Crippen LogP contribution is -2.01. The van der Waals surface area contributed by atoms with E-state index >= 15 is 0 Å². The van der Waals surface area contributed by atoms with Gasteiger partial charge in [0.05, 0.1) is 18.7 Å². The molecule has 1 N–H and O–H groups in total. The quantitative estimate of drug-likeness (QED) is 0.124. The van der Waals surface area contributed by atoms with Crippen LogP contribution in [0.15, 0.2) is 77.8 Å². The lowest BCUT2D eigenvalue weighted by molar-refractivity contribution is -0.131. The second-order valence-electron chi connectivity index (χ2n) is 8.55. The van der Waals surface area contributed by atoms with E-state index in [4.69, 9.17) is 14.6 Å². The van der Waals surface area contributed by atoms with Gasteiger partial charge in [-0.15, -0.1) is 11.8 Å². The lowest BCUT2D eigenvalue weighted by atomic mass is 10.0. The zero-order valence-electron chi connectivity index (χ0n) is 20.9. The lowest BCUT2D eigenvalue weighted by Gasteiger charge is -2.10. The SMILES string of the molecule is COc1ccc(CCCCCCCCOc2ccc(SCc3ccccc3)nc2C=CC(=O)O)cc1. The molecule has 3 aromatic rings. The van der Waals surface area contributed by atoms with Crippen LogP contribution in [0.1, 0.15) is 55.3 Å². The minimum absolute atomic E-state index is 0.550. The Morgan fingerprint density at radius 2 is 1.61 bits per heavy atom. The maximum absolute atomic E-state index is 11.0. The number of aryl methyl sites for hydroxylation is 1. The Balaban J connectivity index is 1.37. The van der Waals surface area contributed by atoms with E-state index in [1.165, 1.54) is 42.9 Å². The van der Waals surface area contributed by atoms with E-state index < -0.39 is 5.97 Å². The number of thioether (sulfide) groups is 1. The molecular formula is C30H35NO4S. The smallest absolute Gasteiger partial charge is 0.328 e. The predicted molar refractivity (Wildman–Crippen MR) is 147 cm³/mol. The van der Waals surface area contributed by atoms with Crippen molar-refractivity contribution in [1.29, 1.82) is 0 Å². The highest BCUT2D eigenvalue weighted by atomic mass is 32.2. The molecule has 3 rings (SSSR count). The van der Waals surface area contributed by atoms with Crippen molar-refractivity contribution in [3.63, 3.8) is 0 Å². The first-order valence-corrected chi connectivity index (χ1v) is 13.5. The molecule has 190 valence electrons. The number of methoxy groups -OCH3 is 1. The van der Waals surface area contributed by atoms with Crippen molar-refractivity contribution in [1.82, 2.24) is 4.98 Å². The van der Waals surface area contributed by atoms with Gasteiger partial charge in [-0.2, -0.15) is 0 Å². The molecule has 0 bridgehead atoms. The topological polar surface area (TPSA) is 68.7 Å². The summed E-state index contributed by atoms with van der Waals surface area (Å²) in [6.07, 6.45) is 10.6. The normalized spacial score (nSPS) is 11.0. The zero-order valence-corrected chi connectivity index (χ0v) is 21.7. The van der Waals surface area contributed by atoms with Crippen LogP contribution in [-0.2, 0) is 17.0 Å². The number of ether oxygens (including phenoxy) is 2. The maximum Gasteiger partial charge on any atom is 0.328 e. The molecular weight excluding hydrogens is 470 g/mol. The fourth-order valence-electron chi connectivity index (χ4n) is 3.76. The van der Waals surface area contributed by atoms with Gasteiger partial charge in [-0.1, -0.05) is 68.1 Å². The van der Waals surface area contributed by atoms with E-state index in [2.05, 4.69) is 29.2 Å². The van der Waals surface area contributed by atoms with Gasteiger partial charge in [0, 0.05) is 11.8 Å². The third-order valence-electron chi connectivity index (χ3n) is 5.75. The molecule has 0 atom stereocenters. The Morgan fingerprint density at radius 3 is 2.33 bits per heavy atom. The molecule has 0 aliphatic heterocycles. The molecule has 0 aliphatic rings. The monoisotopic (exact) mass is 505 g/mol. The van der Waals surface area contributed by atoms with E-state index in [1.54, 1.807) is 18.9 Å². The number of aromatic nitrogens is 1. The van der Waals surface area contributed by atoms with Crippen molar-refractivity contribution >= 4 is 23.8 Å². The molecule has 0 saturated carbocycles. The van der Waals surface area contributed by atoms with Gasteiger partial charge in [-0.05, 0) is 60.7 Å². The van der Waals surface area contributed by atoms with Crippen molar-refractivity contribution in [3.8, 4) is 11.5 Å². The molecule has 0 fully saturated rings. The zero-order chi connectivity index (χ0) is 25.4.